The summed E-state index contributed by atoms with van der Waals surface area (Å²) in [4.78, 5) is 49.6. The van der Waals surface area contributed by atoms with Crippen LogP contribution in [0, 0.1) is 22.7 Å². The van der Waals surface area contributed by atoms with Gasteiger partial charge in [-0.3, -0.25) is 19.2 Å². The maximum Gasteiger partial charge on any atom is 0.306 e. The lowest BCUT2D eigenvalue weighted by Crippen LogP contribution is -2.60. The third-order valence-corrected chi connectivity index (χ3v) is 8.75. The van der Waals surface area contributed by atoms with Crippen LogP contribution in [0.15, 0.2) is 23.3 Å². The molecule has 0 aliphatic heterocycles. The number of rotatable bonds is 6. The van der Waals surface area contributed by atoms with E-state index >= 15 is 0 Å². The molecule has 0 amide bonds. The molecule has 0 spiro atoms. The van der Waals surface area contributed by atoms with Crippen LogP contribution >= 0.6 is 0 Å². The summed E-state index contributed by atoms with van der Waals surface area (Å²) in [5.74, 6) is -2.38. The van der Waals surface area contributed by atoms with Crippen molar-refractivity contribution in [3.05, 3.63) is 23.3 Å². The minimum atomic E-state index is -0.695. The van der Waals surface area contributed by atoms with E-state index in [4.69, 9.17) is 18.9 Å². The quantitative estimate of drug-likeness (QED) is 0.260. The average molecular weight is 533 g/mol. The molecule has 0 aromatic heterocycles. The van der Waals surface area contributed by atoms with Crippen molar-refractivity contribution >= 4 is 23.9 Å². The number of fused-ring (bicyclic) bond motifs is 3. The van der Waals surface area contributed by atoms with Gasteiger partial charge in [-0.05, 0) is 54.6 Å². The van der Waals surface area contributed by atoms with Gasteiger partial charge in [0, 0.05) is 45.4 Å². The highest BCUT2D eigenvalue weighted by molar-refractivity contribution is 5.70. The molecule has 3 aliphatic carbocycles. The van der Waals surface area contributed by atoms with E-state index in [-0.39, 0.29) is 18.4 Å². The van der Waals surface area contributed by atoms with E-state index in [2.05, 4.69) is 13.5 Å². The molecule has 2 fully saturated rings. The van der Waals surface area contributed by atoms with Gasteiger partial charge in [0.25, 0.3) is 0 Å². The van der Waals surface area contributed by atoms with Crippen molar-refractivity contribution in [1.82, 2.24) is 0 Å². The fraction of sp³-hybridized carbons (Fsp3) is 0.733. The van der Waals surface area contributed by atoms with Crippen molar-refractivity contribution in [2.24, 2.45) is 22.7 Å². The molecule has 3 rings (SSSR count). The Bertz CT molecular complexity index is 1020. The molecule has 0 saturated heterocycles. The van der Waals surface area contributed by atoms with Crippen LogP contribution in [0.1, 0.15) is 93.9 Å². The van der Waals surface area contributed by atoms with Gasteiger partial charge in [-0.2, -0.15) is 0 Å². The van der Waals surface area contributed by atoms with Crippen LogP contribution in [0.3, 0.4) is 0 Å². The van der Waals surface area contributed by atoms with E-state index in [1.807, 2.05) is 27.7 Å². The topological polar surface area (TPSA) is 105 Å². The van der Waals surface area contributed by atoms with E-state index in [1.54, 1.807) is 0 Å². The molecule has 0 unspecified atom stereocenters. The molecule has 0 heterocycles. The summed E-state index contributed by atoms with van der Waals surface area (Å²) < 4.78 is 23.9. The standard InChI is InChI=1S/C30H44O8/c1-10-11-24(34)38-22-14-16(2)25-23(36-19(5)32)15-30(9)13-12-21(35-18(4)31)17(3)26(30)28(37-20(6)33)27(22)29(25,7)8/h21-23,26-28H,3,10-15H2,1-2,4-9H3/t21-,22-,23-,26-,27-,28-,30-/m0/s1. The molecule has 0 radical (unpaired) electrons. The zero-order valence-electron chi connectivity index (χ0n) is 24.2. The minimum absolute atomic E-state index is 0.288. The average Bonchev–Trinajstić information content (AvgIpc) is 2.73. The van der Waals surface area contributed by atoms with E-state index in [1.165, 1.54) is 20.8 Å². The summed E-state index contributed by atoms with van der Waals surface area (Å²) in [6, 6.07) is 0. The van der Waals surface area contributed by atoms with Crippen LogP contribution in [0.5, 0.6) is 0 Å². The smallest absolute Gasteiger partial charge is 0.306 e. The zero-order chi connectivity index (χ0) is 28.6. The van der Waals surface area contributed by atoms with Gasteiger partial charge in [0.15, 0.2) is 0 Å². The first kappa shape index (κ1) is 29.9. The second kappa shape index (κ2) is 11.2. The van der Waals surface area contributed by atoms with Crippen molar-refractivity contribution in [2.45, 2.75) is 118 Å². The normalized spacial score (nSPS) is 34.3. The van der Waals surface area contributed by atoms with Crippen LogP contribution in [0.25, 0.3) is 0 Å². The summed E-state index contributed by atoms with van der Waals surface area (Å²) >= 11 is 0. The second-order valence-electron chi connectivity index (χ2n) is 12.1. The van der Waals surface area contributed by atoms with Gasteiger partial charge in [0.2, 0.25) is 0 Å². The van der Waals surface area contributed by atoms with Crippen molar-refractivity contribution in [3.8, 4) is 0 Å². The highest BCUT2D eigenvalue weighted by Crippen LogP contribution is 2.60. The Morgan fingerprint density at radius 2 is 1.50 bits per heavy atom. The predicted octanol–water partition coefficient (Wildman–Crippen LogP) is 5.23. The van der Waals surface area contributed by atoms with Gasteiger partial charge in [-0.15, -0.1) is 0 Å². The molecule has 2 bridgehead atoms. The molecule has 8 heteroatoms. The lowest BCUT2D eigenvalue weighted by Gasteiger charge is -2.58. The summed E-state index contributed by atoms with van der Waals surface area (Å²) in [6.07, 6.45) is 0.816. The maximum absolute atomic E-state index is 12.8. The molecule has 7 atom stereocenters. The lowest BCUT2D eigenvalue weighted by molar-refractivity contribution is -0.186. The first-order chi connectivity index (χ1) is 17.6. The Morgan fingerprint density at radius 3 is 2.05 bits per heavy atom. The molecular formula is C30H44O8. The van der Waals surface area contributed by atoms with E-state index < -0.39 is 59.0 Å². The van der Waals surface area contributed by atoms with E-state index in [0.29, 0.717) is 37.7 Å². The second-order valence-corrected chi connectivity index (χ2v) is 12.1. The third-order valence-electron chi connectivity index (χ3n) is 8.75. The fourth-order valence-electron chi connectivity index (χ4n) is 7.58. The van der Waals surface area contributed by atoms with Gasteiger partial charge >= 0.3 is 23.9 Å². The SMILES string of the molecule is C=C1[C@@H](OC(C)=O)CC[C@@]2(C)C[C@H](OC(C)=O)C3=C(C)C[C@H](OC(=O)CCC)[C@@H]([C@@H](OC(C)=O)[C@H]12)C3(C)C. The molecule has 0 N–H and O–H groups in total. The predicted molar refractivity (Wildman–Crippen MR) is 141 cm³/mol. The molecule has 212 valence electrons. The number of hydrogen-bond donors (Lipinski definition) is 0. The third kappa shape index (κ3) is 5.84. The number of carbonyl (C=O) groups excluding carboxylic acids is 4. The Balaban J connectivity index is 2.27. The molecule has 8 nitrogen and oxygen atoms in total. The fourth-order valence-corrected chi connectivity index (χ4v) is 7.58. The van der Waals surface area contributed by atoms with Crippen molar-refractivity contribution < 1.29 is 38.1 Å². The Hall–Kier alpha value is -2.64. The van der Waals surface area contributed by atoms with Crippen molar-refractivity contribution in [3.63, 3.8) is 0 Å². The molecule has 3 aliphatic rings. The first-order valence-electron chi connectivity index (χ1n) is 13.7. The molecule has 0 aromatic carbocycles. The molecule has 2 saturated carbocycles. The zero-order valence-corrected chi connectivity index (χ0v) is 24.2. The van der Waals surface area contributed by atoms with Crippen molar-refractivity contribution in [2.75, 3.05) is 0 Å². The number of ether oxygens (including phenoxy) is 4. The van der Waals surface area contributed by atoms with Gasteiger partial charge in [0.05, 0.1) is 0 Å². The van der Waals surface area contributed by atoms with Crippen LogP contribution in [0.4, 0.5) is 0 Å². The first-order valence-corrected chi connectivity index (χ1v) is 13.7. The molecule has 38 heavy (non-hydrogen) atoms. The Labute approximate surface area is 226 Å². The maximum atomic E-state index is 12.8. The summed E-state index contributed by atoms with van der Waals surface area (Å²) in [5, 5.41) is 0. The van der Waals surface area contributed by atoms with Crippen LogP contribution < -0.4 is 0 Å². The molecular weight excluding hydrogens is 488 g/mol. The highest BCUT2D eigenvalue weighted by Gasteiger charge is 2.61. The molecule has 0 aromatic rings. The van der Waals surface area contributed by atoms with Gasteiger partial charge in [-0.1, -0.05) is 39.8 Å². The lowest BCUT2D eigenvalue weighted by atomic mass is 9.50. The Morgan fingerprint density at radius 1 is 0.921 bits per heavy atom. The number of carbonyl (C=O) groups is 4. The number of hydrogen-bond acceptors (Lipinski definition) is 8. The van der Waals surface area contributed by atoms with Gasteiger partial charge in [0.1, 0.15) is 24.4 Å². The van der Waals surface area contributed by atoms with E-state index in [0.717, 1.165) is 11.1 Å². The number of esters is 4. The van der Waals surface area contributed by atoms with Gasteiger partial charge < -0.3 is 18.9 Å². The van der Waals surface area contributed by atoms with Crippen LogP contribution in [-0.4, -0.2) is 48.3 Å². The summed E-state index contributed by atoms with van der Waals surface area (Å²) in [7, 11) is 0. The van der Waals surface area contributed by atoms with E-state index in [9.17, 15) is 19.2 Å². The summed E-state index contributed by atoms with van der Waals surface area (Å²) in [6.45, 7) is 18.6. The van der Waals surface area contributed by atoms with Crippen molar-refractivity contribution in [1.29, 1.82) is 0 Å². The minimum Gasteiger partial charge on any atom is -0.462 e. The van der Waals surface area contributed by atoms with Crippen LogP contribution in [-0.2, 0) is 38.1 Å². The monoisotopic (exact) mass is 532 g/mol. The van der Waals surface area contributed by atoms with Gasteiger partial charge in [-0.25, -0.2) is 0 Å². The largest absolute Gasteiger partial charge is 0.462 e. The Kier molecular flexibility index (Phi) is 8.84. The highest BCUT2D eigenvalue weighted by atomic mass is 16.6. The summed E-state index contributed by atoms with van der Waals surface area (Å²) in [5.41, 5.74) is 1.53. The van der Waals surface area contributed by atoms with Crippen LogP contribution in [0.2, 0.25) is 0 Å².